The SMILES string of the molecule is CC(Nc1cccnc1-n1cccn1)C(C)(C)O. The Morgan fingerprint density at radius 2 is 2.11 bits per heavy atom. The lowest BCUT2D eigenvalue weighted by molar-refractivity contribution is 0.0649. The van der Waals surface area contributed by atoms with Gasteiger partial charge in [-0.3, -0.25) is 0 Å². The second-order valence-electron chi connectivity index (χ2n) is 4.84. The zero-order valence-electron chi connectivity index (χ0n) is 10.8. The number of nitrogens with one attached hydrogen (secondary N) is 1. The fraction of sp³-hybridized carbons (Fsp3) is 0.385. The third-order valence-electron chi connectivity index (χ3n) is 2.94. The largest absolute Gasteiger partial charge is 0.388 e. The highest BCUT2D eigenvalue weighted by atomic mass is 16.3. The molecule has 0 saturated heterocycles. The van der Waals surface area contributed by atoms with E-state index in [9.17, 15) is 5.11 Å². The van der Waals surface area contributed by atoms with Crippen LogP contribution in [0, 0.1) is 0 Å². The van der Waals surface area contributed by atoms with Crippen LogP contribution in [0.5, 0.6) is 0 Å². The number of hydrogen-bond acceptors (Lipinski definition) is 4. The lowest BCUT2D eigenvalue weighted by atomic mass is 10.0. The standard InChI is InChI=1S/C13H18N4O/c1-10(13(2,3)18)16-11-6-4-7-14-12(11)17-9-5-8-15-17/h4-10,16,18H,1-3H3. The zero-order valence-corrected chi connectivity index (χ0v) is 10.8. The summed E-state index contributed by atoms with van der Waals surface area (Å²) < 4.78 is 1.69. The van der Waals surface area contributed by atoms with Gasteiger partial charge >= 0.3 is 0 Å². The van der Waals surface area contributed by atoms with E-state index in [1.54, 1.807) is 30.9 Å². The Morgan fingerprint density at radius 3 is 2.72 bits per heavy atom. The number of aromatic nitrogens is 3. The number of pyridine rings is 1. The van der Waals surface area contributed by atoms with Crippen LogP contribution < -0.4 is 5.32 Å². The average molecular weight is 246 g/mol. The van der Waals surface area contributed by atoms with Crippen molar-refractivity contribution < 1.29 is 5.11 Å². The third kappa shape index (κ3) is 2.68. The number of rotatable bonds is 4. The summed E-state index contributed by atoms with van der Waals surface area (Å²) in [5, 5.41) is 17.4. The van der Waals surface area contributed by atoms with Crippen molar-refractivity contribution >= 4 is 5.69 Å². The molecule has 0 aliphatic carbocycles. The minimum atomic E-state index is -0.808. The predicted molar refractivity (Wildman–Crippen MR) is 70.7 cm³/mol. The van der Waals surface area contributed by atoms with Crippen molar-refractivity contribution in [3.8, 4) is 5.82 Å². The van der Waals surface area contributed by atoms with E-state index in [2.05, 4.69) is 15.4 Å². The molecule has 2 aromatic rings. The summed E-state index contributed by atoms with van der Waals surface area (Å²) in [4.78, 5) is 4.31. The van der Waals surface area contributed by atoms with Crippen LogP contribution >= 0.6 is 0 Å². The maximum absolute atomic E-state index is 9.96. The van der Waals surface area contributed by atoms with Crippen LogP contribution in [-0.2, 0) is 0 Å². The number of hydrogen-bond donors (Lipinski definition) is 2. The smallest absolute Gasteiger partial charge is 0.176 e. The second kappa shape index (κ2) is 4.78. The zero-order chi connectivity index (χ0) is 13.2. The fourth-order valence-electron chi connectivity index (χ4n) is 1.50. The molecule has 18 heavy (non-hydrogen) atoms. The van der Waals surface area contributed by atoms with Crippen LogP contribution in [0.1, 0.15) is 20.8 Å². The molecule has 2 N–H and O–H groups in total. The van der Waals surface area contributed by atoms with E-state index in [0.717, 1.165) is 11.5 Å². The first-order valence-corrected chi connectivity index (χ1v) is 5.92. The highest BCUT2D eigenvalue weighted by molar-refractivity contribution is 5.57. The van der Waals surface area contributed by atoms with Crippen LogP contribution in [0.3, 0.4) is 0 Å². The molecule has 5 nitrogen and oxygen atoms in total. The van der Waals surface area contributed by atoms with Crippen molar-refractivity contribution in [2.75, 3.05) is 5.32 Å². The van der Waals surface area contributed by atoms with Gasteiger partial charge < -0.3 is 10.4 Å². The normalized spacial score (nSPS) is 13.3. The maximum atomic E-state index is 9.96. The molecule has 96 valence electrons. The molecule has 2 rings (SSSR count). The molecule has 0 amide bonds. The van der Waals surface area contributed by atoms with Crippen LogP contribution in [0.4, 0.5) is 5.69 Å². The molecule has 0 bridgehead atoms. The van der Waals surface area contributed by atoms with Gasteiger partial charge in [0.2, 0.25) is 0 Å². The first kappa shape index (κ1) is 12.6. The summed E-state index contributed by atoms with van der Waals surface area (Å²) in [5.74, 6) is 0.721. The predicted octanol–water partition coefficient (Wildman–Crippen LogP) is 1.84. The van der Waals surface area contributed by atoms with Crippen LogP contribution in [0.25, 0.3) is 5.82 Å². The third-order valence-corrected chi connectivity index (χ3v) is 2.94. The highest BCUT2D eigenvalue weighted by Gasteiger charge is 2.23. The molecule has 0 saturated carbocycles. The molecule has 0 aromatic carbocycles. The van der Waals surface area contributed by atoms with E-state index in [4.69, 9.17) is 0 Å². The Morgan fingerprint density at radius 1 is 1.33 bits per heavy atom. The topological polar surface area (TPSA) is 63.0 Å². The van der Waals surface area contributed by atoms with Crippen LogP contribution in [0.15, 0.2) is 36.8 Å². The average Bonchev–Trinajstić information content (AvgIpc) is 2.82. The second-order valence-corrected chi connectivity index (χ2v) is 4.84. The van der Waals surface area contributed by atoms with E-state index in [-0.39, 0.29) is 6.04 Å². The van der Waals surface area contributed by atoms with Gasteiger partial charge in [-0.15, -0.1) is 0 Å². The summed E-state index contributed by atoms with van der Waals surface area (Å²) in [7, 11) is 0. The summed E-state index contributed by atoms with van der Waals surface area (Å²) in [5.41, 5.74) is 0.0351. The minimum Gasteiger partial charge on any atom is -0.388 e. The summed E-state index contributed by atoms with van der Waals surface area (Å²) in [6, 6.07) is 5.52. The van der Waals surface area contributed by atoms with Gasteiger partial charge in [-0.05, 0) is 39.0 Å². The molecule has 1 unspecified atom stereocenters. The Bertz CT molecular complexity index is 502. The minimum absolute atomic E-state index is 0.101. The molecule has 0 fully saturated rings. The van der Waals surface area contributed by atoms with Crippen LogP contribution in [-0.4, -0.2) is 31.5 Å². The van der Waals surface area contributed by atoms with E-state index >= 15 is 0 Å². The summed E-state index contributed by atoms with van der Waals surface area (Å²) in [6.45, 7) is 5.48. The molecule has 2 heterocycles. The quantitative estimate of drug-likeness (QED) is 0.864. The molecule has 5 heteroatoms. The highest BCUT2D eigenvalue weighted by Crippen LogP contribution is 2.20. The van der Waals surface area contributed by atoms with Crippen molar-refractivity contribution in [2.45, 2.75) is 32.4 Å². The maximum Gasteiger partial charge on any atom is 0.176 e. The van der Waals surface area contributed by atoms with E-state index < -0.39 is 5.60 Å². The molecule has 0 radical (unpaired) electrons. The molecular weight excluding hydrogens is 228 g/mol. The van der Waals surface area contributed by atoms with Crippen molar-refractivity contribution in [2.24, 2.45) is 0 Å². The van der Waals surface area contributed by atoms with Gasteiger partial charge in [-0.1, -0.05) is 0 Å². The number of nitrogens with zero attached hydrogens (tertiary/aromatic N) is 3. The van der Waals surface area contributed by atoms with E-state index in [1.165, 1.54) is 0 Å². The van der Waals surface area contributed by atoms with E-state index in [0.29, 0.717) is 0 Å². The van der Waals surface area contributed by atoms with Crippen molar-refractivity contribution in [3.05, 3.63) is 36.8 Å². The molecule has 0 aliphatic heterocycles. The first-order valence-electron chi connectivity index (χ1n) is 5.92. The van der Waals surface area contributed by atoms with Crippen molar-refractivity contribution in [1.82, 2.24) is 14.8 Å². The van der Waals surface area contributed by atoms with E-state index in [1.807, 2.05) is 31.3 Å². The first-order chi connectivity index (χ1) is 8.48. The molecule has 0 spiro atoms. The lowest BCUT2D eigenvalue weighted by Gasteiger charge is -2.28. The van der Waals surface area contributed by atoms with Crippen molar-refractivity contribution in [1.29, 1.82) is 0 Å². The van der Waals surface area contributed by atoms with Crippen molar-refractivity contribution in [3.63, 3.8) is 0 Å². The fourth-order valence-corrected chi connectivity index (χ4v) is 1.50. The Hall–Kier alpha value is -1.88. The summed E-state index contributed by atoms with van der Waals surface area (Å²) in [6.07, 6.45) is 5.26. The Balaban J connectivity index is 2.29. The number of aliphatic hydroxyl groups is 1. The molecule has 1 atom stereocenters. The lowest BCUT2D eigenvalue weighted by Crippen LogP contribution is -2.39. The Labute approximate surface area is 106 Å². The molecule has 0 aliphatic rings. The van der Waals surface area contributed by atoms with Gasteiger partial charge in [0.05, 0.1) is 17.3 Å². The van der Waals surface area contributed by atoms with Gasteiger partial charge in [0.15, 0.2) is 5.82 Å². The number of anilines is 1. The van der Waals surface area contributed by atoms with Gasteiger partial charge in [-0.2, -0.15) is 5.10 Å². The van der Waals surface area contributed by atoms with Gasteiger partial charge in [0.1, 0.15) is 0 Å². The van der Waals surface area contributed by atoms with Crippen LogP contribution in [0.2, 0.25) is 0 Å². The summed E-state index contributed by atoms with van der Waals surface area (Å²) >= 11 is 0. The van der Waals surface area contributed by atoms with Gasteiger partial charge in [0.25, 0.3) is 0 Å². The monoisotopic (exact) mass is 246 g/mol. The molecule has 2 aromatic heterocycles. The van der Waals surface area contributed by atoms with Gasteiger partial charge in [-0.25, -0.2) is 9.67 Å². The Kier molecular flexibility index (Phi) is 3.34. The molecular formula is C13H18N4O. The van der Waals surface area contributed by atoms with Gasteiger partial charge in [0, 0.05) is 18.6 Å².